The van der Waals surface area contributed by atoms with Gasteiger partial charge in [0.2, 0.25) is 0 Å². The van der Waals surface area contributed by atoms with E-state index in [0.717, 1.165) is 24.3 Å². The van der Waals surface area contributed by atoms with Crippen molar-refractivity contribution >= 4 is 0 Å². The van der Waals surface area contributed by atoms with Crippen molar-refractivity contribution in [1.82, 2.24) is 0 Å². The molecule has 0 N–H and O–H groups in total. The van der Waals surface area contributed by atoms with Gasteiger partial charge in [-0.1, -0.05) is 108 Å². The van der Waals surface area contributed by atoms with Crippen LogP contribution in [0.5, 0.6) is 11.5 Å². The second-order valence-corrected chi connectivity index (χ2v) is 7.99. The molecule has 0 fully saturated rings. The smallest absolute Gasteiger partial charge is 0.130 e. The first-order valence-electron chi connectivity index (χ1n) is 11.7. The molecule has 2 aromatic rings. The van der Waals surface area contributed by atoms with Gasteiger partial charge in [0.15, 0.2) is 0 Å². The van der Waals surface area contributed by atoms with E-state index in [2.05, 4.69) is 32.0 Å². The van der Waals surface area contributed by atoms with Gasteiger partial charge >= 0.3 is 0 Å². The molecule has 1 nitrogen and oxygen atoms in total. The Morgan fingerprint density at radius 1 is 0.571 bits per heavy atom. The highest BCUT2D eigenvalue weighted by Crippen LogP contribution is 2.30. The Balaban J connectivity index is 1.80. The van der Waals surface area contributed by atoms with E-state index in [0.29, 0.717) is 0 Å². The fraction of sp³-hybridized carbons (Fsp3) is 0.556. The zero-order valence-electron chi connectivity index (χ0n) is 18.2. The molecule has 0 aliphatic heterocycles. The van der Waals surface area contributed by atoms with Crippen LogP contribution in [0.4, 0.5) is 0 Å². The van der Waals surface area contributed by atoms with Gasteiger partial charge in [-0.15, -0.1) is 0 Å². The van der Waals surface area contributed by atoms with Crippen LogP contribution in [0.15, 0.2) is 48.5 Å². The van der Waals surface area contributed by atoms with E-state index in [1.165, 1.54) is 81.8 Å². The summed E-state index contributed by atoms with van der Waals surface area (Å²) < 4.78 is 6.24. The summed E-state index contributed by atoms with van der Waals surface area (Å²) in [6, 6.07) is 16.7. The Kier molecular flexibility index (Phi) is 11.5. The quantitative estimate of drug-likeness (QED) is 0.280. The van der Waals surface area contributed by atoms with Gasteiger partial charge in [0.05, 0.1) is 0 Å². The summed E-state index contributed by atoms with van der Waals surface area (Å²) in [6.07, 6.45) is 17.3. The van der Waals surface area contributed by atoms with Crippen molar-refractivity contribution in [2.24, 2.45) is 0 Å². The molecule has 2 aromatic carbocycles. The minimum absolute atomic E-state index is 0.931. The third-order valence-corrected chi connectivity index (χ3v) is 5.50. The number of hydrogen-bond acceptors (Lipinski definition) is 1. The van der Waals surface area contributed by atoms with Gasteiger partial charge in [-0.3, -0.25) is 0 Å². The maximum absolute atomic E-state index is 6.24. The molecular weight excluding hydrogens is 340 g/mol. The summed E-state index contributed by atoms with van der Waals surface area (Å²) in [4.78, 5) is 0. The van der Waals surface area contributed by atoms with Crippen LogP contribution in [-0.2, 0) is 12.8 Å². The van der Waals surface area contributed by atoms with Crippen LogP contribution in [0, 0.1) is 0 Å². The molecule has 0 spiro atoms. The zero-order valence-corrected chi connectivity index (χ0v) is 18.2. The number of hydrogen-bond donors (Lipinski definition) is 0. The van der Waals surface area contributed by atoms with Crippen LogP contribution in [0.1, 0.15) is 95.6 Å². The van der Waals surface area contributed by atoms with E-state index in [9.17, 15) is 0 Å². The molecule has 0 heterocycles. The fourth-order valence-electron chi connectivity index (χ4n) is 3.90. The standard InChI is InChI=1S/C27H40O/c1-3-5-6-7-8-9-10-11-12-16-22-26-24(18-4-2)19-17-23-27(26)28-25-20-14-13-15-21-25/h13-15,17,19-21,23H,3-12,16,18,22H2,1-2H3. The SMILES string of the molecule is CCCCCCCCCCCCc1c(CCC)cccc1Oc1ccccc1. The lowest BCUT2D eigenvalue weighted by Crippen LogP contribution is -1.99. The Labute approximate surface area is 173 Å². The average Bonchev–Trinajstić information content (AvgIpc) is 2.72. The Morgan fingerprint density at radius 3 is 1.86 bits per heavy atom. The summed E-state index contributed by atoms with van der Waals surface area (Å²) in [6.45, 7) is 4.55. The van der Waals surface area contributed by atoms with E-state index in [-0.39, 0.29) is 0 Å². The van der Waals surface area contributed by atoms with Crippen molar-refractivity contribution in [2.45, 2.75) is 97.3 Å². The van der Waals surface area contributed by atoms with E-state index >= 15 is 0 Å². The molecule has 28 heavy (non-hydrogen) atoms. The first-order chi connectivity index (χ1) is 13.8. The topological polar surface area (TPSA) is 9.23 Å². The Morgan fingerprint density at radius 2 is 1.21 bits per heavy atom. The van der Waals surface area contributed by atoms with Crippen LogP contribution < -0.4 is 4.74 Å². The molecule has 0 radical (unpaired) electrons. The van der Waals surface area contributed by atoms with E-state index in [1.54, 1.807) is 0 Å². The lowest BCUT2D eigenvalue weighted by atomic mass is 9.96. The molecule has 1 heteroatoms. The number of unbranched alkanes of at least 4 members (excludes halogenated alkanes) is 9. The van der Waals surface area contributed by atoms with E-state index < -0.39 is 0 Å². The van der Waals surface area contributed by atoms with Crippen molar-refractivity contribution in [3.63, 3.8) is 0 Å². The summed E-state index contributed by atoms with van der Waals surface area (Å²) in [5.74, 6) is 1.98. The highest BCUT2D eigenvalue weighted by atomic mass is 16.5. The second kappa shape index (κ2) is 14.3. The molecule has 0 aliphatic rings. The molecule has 154 valence electrons. The van der Waals surface area contributed by atoms with Gasteiger partial charge in [0.1, 0.15) is 11.5 Å². The summed E-state index contributed by atoms with van der Waals surface area (Å²) >= 11 is 0. The molecule has 0 bridgehead atoms. The van der Waals surface area contributed by atoms with Gasteiger partial charge in [-0.05, 0) is 48.6 Å². The molecule has 0 saturated heterocycles. The van der Waals surface area contributed by atoms with E-state index in [4.69, 9.17) is 4.74 Å². The highest BCUT2D eigenvalue weighted by Gasteiger charge is 2.10. The second-order valence-electron chi connectivity index (χ2n) is 7.99. The maximum atomic E-state index is 6.24. The predicted octanol–water partition coefficient (Wildman–Crippen LogP) is 8.89. The van der Waals surface area contributed by atoms with Crippen LogP contribution in [0.3, 0.4) is 0 Å². The highest BCUT2D eigenvalue weighted by molar-refractivity contribution is 5.43. The van der Waals surface area contributed by atoms with Gasteiger partial charge in [0, 0.05) is 0 Å². The lowest BCUT2D eigenvalue weighted by Gasteiger charge is -2.15. The Hall–Kier alpha value is -1.76. The fourth-order valence-corrected chi connectivity index (χ4v) is 3.90. The molecule has 0 atom stereocenters. The number of ether oxygens (including phenoxy) is 1. The maximum Gasteiger partial charge on any atom is 0.130 e. The van der Waals surface area contributed by atoms with Crippen molar-refractivity contribution in [2.75, 3.05) is 0 Å². The lowest BCUT2D eigenvalue weighted by molar-refractivity contribution is 0.472. The van der Waals surface area contributed by atoms with Crippen LogP contribution in [-0.4, -0.2) is 0 Å². The summed E-state index contributed by atoms with van der Waals surface area (Å²) in [5, 5.41) is 0. The first-order valence-corrected chi connectivity index (χ1v) is 11.7. The number of para-hydroxylation sites is 1. The van der Waals surface area contributed by atoms with Gasteiger partial charge in [-0.2, -0.15) is 0 Å². The summed E-state index contributed by atoms with van der Waals surface area (Å²) in [7, 11) is 0. The minimum atomic E-state index is 0.931. The third-order valence-electron chi connectivity index (χ3n) is 5.50. The number of rotatable bonds is 15. The van der Waals surface area contributed by atoms with Crippen molar-refractivity contribution in [1.29, 1.82) is 0 Å². The van der Waals surface area contributed by atoms with Gasteiger partial charge < -0.3 is 4.74 Å². The van der Waals surface area contributed by atoms with Crippen molar-refractivity contribution in [3.8, 4) is 11.5 Å². The van der Waals surface area contributed by atoms with Gasteiger partial charge in [-0.25, -0.2) is 0 Å². The molecule has 0 unspecified atom stereocenters. The summed E-state index contributed by atoms with van der Waals surface area (Å²) in [5.41, 5.74) is 2.89. The zero-order chi connectivity index (χ0) is 19.9. The molecular formula is C27H40O. The molecule has 0 aliphatic carbocycles. The predicted molar refractivity (Wildman–Crippen MR) is 123 cm³/mol. The van der Waals surface area contributed by atoms with E-state index in [1.807, 2.05) is 30.3 Å². The Bertz CT molecular complexity index is 632. The average molecular weight is 381 g/mol. The van der Waals surface area contributed by atoms with Crippen LogP contribution >= 0.6 is 0 Å². The minimum Gasteiger partial charge on any atom is -0.457 e. The monoisotopic (exact) mass is 380 g/mol. The van der Waals surface area contributed by atoms with Crippen LogP contribution in [0.25, 0.3) is 0 Å². The molecule has 0 amide bonds. The van der Waals surface area contributed by atoms with Crippen molar-refractivity contribution < 1.29 is 4.74 Å². The molecule has 2 rings (SSSR count). The first kappa shape index (κ1) is 22.5. The normalized spacial score (nSPS) is 10.9. The number of benzene rings is 2. The molecule has 0 aromatic heterocycles. The largest absolute Gasteiger partial charge is 0.457 e. The molecule has 0 saturated carbocycles. The van der Waals surface area contributed by atoms with Crippen LogP contribution in [0.2, 0.25) is 0 Å². The van der Waals surface area contributed by atoms with Gasteiger partial charge in [0.25, 0.3) is 0 Å². The third kappa shape index (κ3) is 8.50. The number of aryl methyl sites for hydroxylation is 1. The van der Waals surface area contributed by atoms with Crippen molar-refractivity contribution in [3.05, 3.63) is 59.7 Å².